The van der Waals surface area contributed by atoms with Crippen LogP contribution in [0.3, 0.4) is 0 Å². The van der Waals surface area contributed by atoms with E-state index in [0.29, 0.717) is 5.92 Å². The Balaban J connectivity index is 1.54. The molecule has 1 atom stereocenters. The zero-order valence-corrected chi connectivity index (χ0v) is 17.0. The van der Waals surface area contributed by atoms with Gasteiger partial charge < -0.3 is 9.47 Å². The molecule has 1 fully saturated rings. The predicted molar refractivity (Wildman–Crippen MR) is 121 cm³/mol. The van der Waals surface area contributed by atoms with Gasteiger partial charge in [-0.25, -0.2) is 0 Å². The van der Waals surface area contributed by atoms with Gasteiger partial charge in [0.25, 0.3) is 0 Å². The topological polar surface area (TPSA) is 21.1 Å². The second-order valence-electron chi connectivity index (χ2n) is 8.31. The van der Waals surface area contributed by atoms with E-state index in [-0.39, 0.29) is 0 Å². The molecule has 1 saturated heterocycles. The lowest BCUT2D eigenvalue weighted by Crippen LogP contribution is -2.33. The SMILES string of the molecule is CN1CCCC(Cn2cc(-c3cncc(-c4ccccc4)c3)c3ccccc32)C1. The number of piperidine rings is 1. The minimum atomic E-state index is 0.714. The molecule has 0 amide bonds. The van der Waals surface area contributed by atoms with Crippen LogP contribution < -0.4 is 0 Å². The Labute approximate surface area is 172 Å². The molecular weight excluding hydrogens is 354 g/mol. The van der Waals surface area contributed by atoms with Crippen LogP contribution in [0, 0.1) is 5.92 Å². The number of hydrogen-bond donors (Lipinski definition) is 0. The maximum Gasteiger partial charge on any atom is 0.0486 e. The minimum Gasteiger partial charge on any atom is -0.347 e. The first-order chi connectivity index (χ1) is 14.3. The Kier molecular flexibility index (Phi) is 4.91. The second-order valence-corrected chi connectivity index (χ2v) is 8.31. The van der Waals surface area contributed by atoms with Crippen molar-refractivity contribution in [1.82, 2.24) is 14.5 Å². The van der Waals surface area contributed by atoms with Crippen molar-refractivity contribution in [1.29, 1.82) is 0 Å². The summed E-state index contributed by atoms with van der Waals surface area (Å²) < 4.78 is 2.46. The molecule has 1 unspecified atom stereocenters. The van der Waals surface area contributed by atoms with Crippen LogP contribution in [0.2, 0.25) is 0 Å². The van der Waals surface area contributed by atoms with Crippen LogP contribution in [-0.2, 0) is 6.54 Å². The van der Waals surface area contributed by atoms with Crippen LogP contribution in [-0.4, -0.2) is 34.6 Å². The lowest BCUT2D eigenvalue weighted by molar-refractivity contribution is 0.196. The van der Waals surface area contributed by atoms with E-state index in [1.54, 1.807) is 0 Å². The molecule has 0 aliphatic carbocycles. The van der Waals surface area contributed by atoms with Crippen LogP contribution in [0.15, 0.2) is 79.3 Å². The van der Waals surface area contributed by atoms with Crippen LogP contribution in [0.4, 0.5) is 0 Å². The maximum atomic E-state index is 4.56. The van der Waals surface area contributed by atoms with Crippen molar-refractivity contribution in [2.45, 2.75) is 19.4 Å². The average molecular weight is 382 g/mol. The monoisotopic (exact) mass is 381 g/mol. The van der Waals surface area contributed by atoms with E-state index in [2.05, 4.69) is 88.4 Å². The summed E-state index contributed by atoms with van der Waals surface area (Å²) in [6.45, 7) is 3.50. The van der Waals surface area contributed by atoms with Crippen molar-refractivity contribution in [3.05, 3.63) is 79.3 Å². The third-order valence-corrected chi connectivity index (χ3v) is 6.12. The van der Waals surface area contributed by atoms with Gasteiger partial charge in [0.05, 0.1) is 0 Å². The number of para-hydroxylation sites is 1. The fourth-order valence-electron chi connectivity index (χ4n) is 4.70. The molecule has 1 aliphatic rings. The number of nitrogens with zero attached hydrogens (tertiary/aromatic N) is 3. The largest absolute Gasteiger partial charge is 0.347 e. The van der Waals surface area contributed by atoms with Gasteiger partial charge in [0.1, 0.15) is 0 Å². The fraction of sp³-hybridized carbons (Fsp3) is 0.269. The molecule has 0 spiro atoms. The molecule has 0 bridgehead atoms. The van der Waals surface area contributed by atoms with Crippen LogP contribution >= 0.6 is 0 Å². The van der Waals surface area contributed by atoms with Crippen LogP contribution in [0.1, 0.15) is 12.8 Å². The Hall–Kier alpha value is -2.91. The summed E-state index contributed by atoms with van der Waals surface area (Å²) in [6, 6.07) is 21.5. The van der Waals surface area contributed by atoms with Gasteiger partial charge in [0.15, 0.2) is 0 Å². The summed E-state index contributed by atoms with van der Waals surface area (Å²) in [4.78, 5) is 7.03. The molecule has 146 valence electrons. The first-order valence-corrected chi connectivity index (χ1v) is 10.6. The molecule has 5 rings (SSSR count). The van der Waals surface area contributed by atoms with Gasteiger partial charge in [-0.15, -0.1) is 0 Å². The van der Waals surface area contributed by atoms with E-state index in [0.717, 1.165) is 12.1 Å². The third kappa shape index (κ3) is 3.70. The van der Waals surface area contributed by atoms with Gasteiger partial charge in [-0.2, -0.15) is 0 Å². The van der Waals surface area contributed by atoms with Gasteiger partial charge in [-0.1, -0.05) is 48.5 Å². The van der Waals surface area contributed by atoms with Gasteiger partial charge in [0.2, 0.25) is 0 Å². The summed E-state index contributed by atoms with van der Waals surface area (Å²) in [7, 11) is 2.24. The molecule has 0 radical (unpaired) electrons. The Morgan fingerprint density at radius 1 is 0.931 bits per heavy atom. The molecule has 2 aromatic carbocycles. The fourth-order valence-corrected chi connectivity index (χ4v) is 4.70. The van der Waals surface area contributed by atoms with E-state index in [9.17, 15) is 0 Å². The number of fused-ring (bicyclic) bond motifs is 1. The van der Waals surface area contributed by atoms with Crippen molar-refractivity contribution in [3.63, 3.8) is 0 Å². The van der Waals surface area contributed by atoms with Gasteiger partial charge in [-0.05, 0) is 50.0 Å². The third-order valence-electron chi connectivity index (χ3n) is 6.12. The second kappa shape index (κ2) is 7.84. The number of hydrogen-bond acceptors (Lipinski definition) is 2. The smallest absolute Gasteiger partial charge is 0.0486 e. The zero-order valence-electron chi connectivity index (χ0n) is 17.0. The first kappa shape index (κ1) is 18.1. The number of benzene rings is 2. The van der Waals surface area contributed by atoms with E-state index in [1.165, 1.54) is 53.5 Å². The van der Waals surface area contributed by atoms with Crippen molar-refractivity contribution >= 4 is 10.9 Å². The molecule has 3 nitrogen and oxygen atoms in total. The molecule has 3 heterocycles. The Bertz CT molecular complexity index is 1110. The molecule has 0 N–H and O–H groups in total. The number of likely N-dealkylation sites (tertiary alicyclic amines) is 1. The molecule has 0 saturated carbocycles. The van der Waals surface area contributed by atoms with E-state index in [1.807, 2.05) is 12.4 Å². The van der Waals surface area contributed by atoms with Gasteiger partial charge in [0, 0.05) is 59.3 Å². The number of rotatable bonds is 4. The van der Waals surface area contributed by atoms with E-state index >= 15 is 0 Å². The normalized spacial score (nSPS) is 17.6. The molecular formula is C26H27N3. The van der Waals surface area contributed by atoms with Crippen molar-refractivity contribution in [3.8, 4) is 22.3 Å². The minimum absolute atomic E-state index is 0.714. The summed E-state index contributed by atoms with van der Waals surface area (Å²) >= 11 is 0. The van der Waals surface area contributed by atoms with Crippen molar-refractivity contribution < 1.29 is 0 Å². The molecule has 4 aromatic rings. The highest BCUT2D eigenvalue weighted by molar-refractivity contribution is 5.96. The van der Waals surface area contributed by atoms with Crippen molar-refractivity contribution in [2.75, 3.05) is 20.1 Å². The average Bonchev–Trinajstić information content (AvgIpc) is 3.13. The quantitative estimate of drug-likeness (QED) is 0.451. The standard InChI is InChI=1S/C26H27N3/c1-28-13-7-8-20(17-28)18-29-19-25(24-11-5-6-12-26(24)29)23-14-22(15-27-16-23)21-9-3-2-4-10-21/h2-6,9-12,14-16,19-20H,7-8,13,17-18H2,1H3. The summed E-state index contributed by atoms with van der Waals surface area (Å²) in [5.41, 5.74) is 6.14. The molecule has 2 aromatic heterocycles. The maximum absolute atomic E-state index is 4.56. The van der Waals surface area contributed by atoms with Crippen LogP contribution in [0.25, 0.3) is 33.2 Å². The first-order valence-electron chi connectivity index (χ1n) is 10.6. The van der Waals surface area contributed by atoms with E-state index < -0.39 is 0 Å². The van der Waals surface area contributed by atoms with Gasteiger partial charge in [-0.3, -0.25) is 4.98 Å². The summed E-state index contributed by atoms with van der Waals surface area (Å²) in [6.07, 6.45) is 8.90. The highest BCUT2D eigenvalue weighted by Crippen LogP contribution is 2.33. The predicted octanol–water partition coefficient (Wildman–Crippen LogP) is 5.71. The number of aromatic nitrogens is 2. The Morgan fingerprint density at radius 2 is 1.72 bits per heavy atom. The van der Waals surface area contributed by atoms with Crippen molar-refractivity contribution in [2.24, 2.45) is 5.92 Å². The number of pyridine rings is 1. The summed E-state index contributed by atoms with van der Waals surface area (Å²) in [5.74, 6) is 0.714. The lowest BCUT2D eigenvalue weighted by atomic mass is 9.98. The highest BCUT2D eigenvalue weighted by Gasteiger charge is 2.19. The summed E-state index contributed by atoms with van der Waals surface area (Å²) in [5, 5.41) is 1.31. The molecule has 1 aliphatic heterocycles. The Morgan fingerprint density at radius 3 is 2.59 bits per heavy atom. The lowest BCUT2D eigenvalue weighted by Gasteiger charge is -2.30. The zero-order chi connectivity index (χ0) is 19.6. The molecule has 29 heavy (non-hydrogen) atoms. The van der Waals surface area contributed by atoms with Gasteiger partial charge >= 0.3 is 0 Å². The highest BCUT2D eigenvalue weighted by atomic mass is 15.1. The van der Waals surface area contributed by atoms with Crippen LogP contribution in [0.5, 0.6) is 0 Å². The molecule has 3 heteroatoms. The van der Waals surface area contributed by atoms with E-state index in [4.69, 9.17) is 0 Å².